The van der Waals surface area contributed by atoms with Gasteiger partial charge >= 0.3 is 0 Å². The second-order valence-electron chi connectivity index (χ2n) is 6.32. The van der Waals surface area contributed by atoms with Crippen LogP contribution in [-0.2, 0) is 4.79 Å². The van der Waals surface area contributed by atoms with Crippen LogP contribution in [0, 0.1) is 0 Å². The molecule has 0 aliphatic heterocycles. The van der Waals surface area contributed by atoms with Gasteiger partial charge in [0.2, 0.25) is 5.91 Å². The number of nitrogens with zero attached hydrogens (tertiary/aromatic N) is 1. The highest BCUT2D eigenvalue weighted by Gasteiger charge is 2.12. The quantitative estimate of drug-likeness (QED) is 0.824. The highest BCUT2D eigenvalue weighted by molar-refractivity contribution is 6.00. The van der Waals surface area contributed by atoms with Crippen LogP contribution in [0.3, 0.4) is 0 Å². The number of carbonyl (C=O) groups excluding carboxylic acids is 1. The third kappa shape index (κ3) is 4.52. The Balaban J connectivity index is 1.50. The average molecular weight is 311 g/mol. The zero-order valence-electron chi connectivity index (χ0n) is 13.6. The molecule has 1 aromatic carbocycles. The number of hydrogen-bond donors (Lipinski definition) is 2. The van der Waals surface area contributed by atoms with Gasteiger partial charge in [-0.3, -0.25) is 9.78 Å². The summed E-state index contributed by atoms with van der Waals surface area (Å²) in [6.07, 6.45) is 10.1. The Labute approximate surface area is 137 Å². The van der Waals surface area contributed by atoms with E-state index in [-0.39, 0.29) is 5.91 Å². The molecule has 1 heterocycles. The Morgan fingerprint density at radius 1 is 1.09 bits per heavy atom. The van der Waals surface area contributed by atoms with Gasteiger partial charge in [0, 0.05) is 30.6 Å². The molecule has 0 bridgehead atoms. The number of benzene rings is 1. The maximum atomic E-state index is 12.2. The van der Waals surface area contributed by atoms with Crippen molar-refractivity contribution >= 4 is 22.5 Å². The van der Waals surface area contributed by atoms with Crippen molar-refractivity contribution in [2.45, 2.75) is 51.0 Å². The molecular weight excluding hydrogens is 286 g/mol. The summed E-state index contributed by atoms with van der Waals surface area (Å²) >= 11 is 0. The summed E-state index contributed by atoms with van der Waals surface area (Å²) in [6.45, 7) is 0.745. The summed E-state index contributed by atoms with van der Waals surface area (Å²) in [5.74, 6) is 0.0456. The van der Waals surface area contributed by atoms with Crippen LogP contribution in [0.4, 0.5) is 5.69 Å². The van der Waals surface area contributed by atoms with Gasteiger partial charge in [0.15, 0.2) is 0 Å². The predicted octanol–water partition coefficient (Wildman–Crippen LogP) is 3.88. The number of carbonyl (C=O) groups is 1. The van der Waals surface area contributed by atoms with Gasteiger partial charge in [-0.1, -0.05) is 43.9 Å². The number of fused-ring (bicyclic) bond motifs is 1. The zero-order valence-corrected chi connectivity index (χ0v) is 13.6. The minimum absolute atomic E-state index is 0.0456. The largest absolute Gasteiger partial charge is 0.324 e. The average Bonchev–Trinajstić information content (AvgIpc) is 2.84. The first-order chi connectivity index (χ1) is 11.3. The Morgan fingerprint density at radius 2 is 1.87 bits per heavy atom. The molecule has 4 nitrogen and oxygen atoms in total. The summed E-state index contributed by atoms with van der Waals surface area (Å²) in [5.41, 5.74) is 1.64. The van der Waals surface area contributed by atoms with Crippen LogP contribution in [-0.4, -0.2) is 23.5 Å². The number of rotatable bonds is 5. The Kier molecular flexibility index (Phi) is 5.59. The van der Waals surface area contributed by atoms with Crippen molar-refractivity contribution < 1.29 is 4.79 Å². The fourth-order valence-corrected chi connectivity index (χ4v) is 3.29. The molecular formula is C19H25N3O. The molecule has 0 unspecified atom stereocenters. The van der Waals surface area contributed by atoms with Gasteiger partial charge in [0.05, 0.1) is 11.2 Å². The van der Waals surface area contributed by atoms with Crippen LogP contribution in [0.2, 0.25) is 0 Å². The second kappa shape index (κ2) is 8.06. The van der Waals surface area contributed by atoms with E-state index in [2.05, 4.69) is 15.6 Å². The van der Waals surface area contributed by atoms with E-state index in [0.717, 1.165) is 23.1 Å². The second-order valence-corrected chi connectivity index (χ2v) is 6.32. The summed E-state index contributed by atoms with van der Waals surface area (Å²) in [5, 5.41) is 7.58. The SMILES string of the molecule is O=C(CCNC1CCCCCC1)Nc1cccc2cccnc12. The summed E-state index contributed by atoms with van der Waals surface area (Å²) < 4.78 is 0. The van der Waals surface area contributed by atoms with E-state index in [1.807, 2.05) is 30.3 Å². The van der Waals surface area contributed by atoms with E-state index in [9.17, 15) is 4.79 Å². The third-order valence-electron chi connectivity index (χ3n) is 4.55. The third-order valence-corrected chi connectivity index (χ3v) is 4.55. The molecule has 1 aliphatic carbocycles. The topological polar surface area (TPSA) is 54.0 Å². The lowest BCUT2D eigenvalue weighted by Crippen LogP contribution is -2.31. The zero-order chi connectivity index (χ0) is 15.9. The molecule has 4 heteroatoms. The normalized spacial score (nSPS) is 16.2. The van der Waals surface area contributed by atoms with Crippen LogP contribution in [0.1, 0.15) is 44.9 Å². The number of aromatic nitrogens is 1. The molecule has 1 fully saturated rings. The summed E-state index contributed by atoms with van der Waals surface area (Å²) in [4.78, 5) is 16.6. The minimum Gasteiger partial charge on any atom is -0.324 e. The number of amides is 1. The fourth-order valence-electron chi connectivity index (χ4n) is 3.29. The standard InChI is InChI=1S/C19H25N3O/c23-18(12-14-20-16-9-3-1-2-4-10-16)22-17-11-5-7-15-8-6-13-21-19(15)17/h5-8,11,13,16,20H,1-4,9-10,12,14H2,(H,22,23). The van der Waals surface area contributed by atoms with Crippen molar-refractivity contribution in [3.05, 3.63) is 36.5 Å². The molecule has 0 atom stereocenters. The maximum Gasteiger partial charge on any atom is 0.225 e. The number of para-hydroxylation sites is 1. The van der Waals surface area contributed by atoms with Gasteiger partial charge in [-0.25, -0.2) is 0 Å². The summed E-state index contributed by atoms with van der Waals surface area (Å²) in [7, 11) is 0. The first-order valence-corrected chi connectivity index (χ1v) is 8.70. The van der Waals surface area contributed by atoms with Gasteiger partial charge in [0.1, 0.15) is 0 Å². The highest BCUT2D eigenvalue weighted by Crippen LogP contribution is 2.21. The Bertz CT molecular complexity index is 643. The van der Waals surface area contributed by atoms with Crippen molar-refractivity contribution in [2.24, 2.45) is 0 Å². The van der Waals surface area contributed by atoms with E-state index in [0.29, 0.717) is 12.5 Å². The molecule has 2 N–H and O–H groups in total. The van der Waals surface area contributed by atoms with Gasteiger partial charge in [-0.15, -0.1) is 0 Å². The molecule has 1 saturated carbocycles. The van der Waals surface area contributed by atoms with Crippen LogP contribution in [0.5, 0.6) is 0 Å². The first kappa shape index (κ1) is 15.9. The van der Waals surface area contributed by atoms with Gasteiger partial charge in [0.25, 0.3) is 0 Å². The van der Waals surface area contributed by atoms with Crippen molar-refractivity contribution in [3.63, 3.8) is 0 Å². The van der Waals surface area contributed by atoms with Gasteiger partial charge in [-0.2, -0.15) is 0 Å². The lowest BCUT2D eigenvalue weighted by molar-refractivity contribution is -0.116. The molecule has 0 spiro atoms. The highest BCUT2D eigenvalue weighted by atomic mass is 16.1. The van der Waals surface area contributed by atoms with Gasteiger partial charge in [-0.05, 0) is 25.0 Å². The van der Waals surface area contributed by atoms with Crippen molar-refractivity contribution in [2.75, 3.05) is 11.9 Å². The molecule has 1 aliphatic rings. The van der Waals surface area contributed by atoms with Crippen molar-refractivity contribution in [3.8, 4) is 0 Å². The van der Waals surface area contributed by atoms with Crippen LogP contribution in [0.15, 0.2) is 36.5 Å². The van der Waals surface area contributed by atoms with Gasteiger partial charge < -0.3 is 10.6 Å². The molecule has 3 rings (SSSR count). The van der Waals surface area contributed by atoms with Crippen LogP contribution < -0.4 is 10.6 Å². The molecule has 122 valence electrons. The smallest absolute Gasteiger partial charge is 0.225 e. The van der Waals surface area contributed by atoms with E-state index < -0.39 is 0 Å². The van der Waals surface area contributed by atoms with E-state index in [1.165, 1.54) is 38.5 Å². The summed E-state index contributed by atoms with van der Waals surface area (Å²) in [6, 6.07) is 10.4. The first-order valence-electron chi connectivity index (χ1n) is 8.70. The monoisotopic (exact) mass is 311 g/mol. The molecule has 23 heavy (non-hydrogen) atoms. The Hall–Kier alpha value is -1.94. The molecule has 0 saturated heterocycles. The number of pyridine rings is 1. The molecule has 2 aromatic rings. The fraction of sp³-hybridized carbons (Fsp3) is 0.474. The lowest BCUT2D eigenvalue weighted by atomic mass is 10.1. The Morgan fingerprint density at radius 3 is 2.70 bits per heavy atom. The minimum atomic E-state index is 0.0456. The van der Waals surface area contributed by atoms with E-state index in [4.69, 9.17) is 0 Å². The number of nitrogens with one attached hydrogen (secondary N) is 2. The maximum absolute atomic E-state index is 12.2. The number of anilines is 1. The van der Waals surface area contributed by atoms with Crippen molar-refractivity contribution in [1.29, 1.82) is 0 Å². The van der Waals surface area contributed by atoms with E-state index >= 15 is 0 Å². The van der Waals surface area contributed by atoms with Crippen molar-refractivity contribution in [1.82, 2.24) is 10.3 Å². The van der Waals surface area contributed by atoms with E-state index in [1.54, 1.807) is 6.20 Å². The predicted molar refractivity (Wildman–Crippen MR) is 94.5 cm³/mol. The molecule has 1 amide bonds. The van der Waals surface area contributed by atoms with Crippen LogP contribution >= 0.6 is 0 Å². The lowest BCUT2D eigenvalue weighted by Gasteiger charge is -2.16. The number of hydrogen-bond acceptors (Lipinski definition) is 3. The van der Waals surface area contributed by atoms with Crippen LogP contribution in [0.25, 0.3) is 10.9 Å². The molecule has 0 radical (unpaired) electrons. The molecule has 1 aromatic heterocycles.